The number of rotatable bonds is 11. The molecule has 2 aromatic rings. The van der Waals surface area contributed by atoms with Gasteiger partial charge in [0.05, 0.1) is 30.1 Å². The first-order valence-corrected chi connectivity index (χ1v) is 15.0. The van der Waals surface area contributed by atoms with Crippen LogP contribution < -0.4 is 10.1 Å². The second-order valence-corrected chi connectivity index (χ2v) is 12.8. The van der Waals surface area contributed by atoms with Crippen LogP contribution in [0.15, 0.2) is 18.2 Å². The van der Waals surface area contributed by atoms with Crippen LogP contribution in [0.2, 0.25) is 0 Å². The van der Waals surface area contributed by atoms with Crippen LogP contribution in [0.5, 0.6) is 11.6 Å². The number of alkyl halides is 2. The van der Waals surface area contributed by atoms with Crippen LogP contribution in [-0.2, 0) is 14.3 Å². The maximum Gasteiger partial charge on any atom is 0.408 e. The smallest absolute Gasteiger partial charge is 0.408 e. The Morgan fingerprint density at radius 2 is 1.93 bits per heavy atom. The minimum atomic E-state index is -2.99. The van der Waals surface area contributed by atoms with Gasteiger partial charge in [-0.2, -0.15) is 0 Å². The molecule has 0 spiro atoms. The summed E-state index contributed by atoms with van der Waals surface area (Å²) in [7, 11) is 1.50. The largest absolute Gasteiger partial charge is 0.497 e. The number of carbonyl (C=O) groups is 3. The normalized spacial score (nSPS) is 29.0. The van der Waals surface area contributed by atoms with Crippen molar-refractivity contribution >= 4 is 28.8 Å². The van der Waals surface area contributed by atoms with Crippen molar-refractivity contribution in [3.05, 3.63) is 23.9 Å². The molecule has 1 aromatic heterocycles. The molecule has 3 aliphatic rings. The maximum absolute atomic E-state index is 14.8. The van der Waals surface area contributed by atoms with E-state index < -0.39 is 41.4 Å². The predicted molar refractivity (Wildman–Crippen MR) is 153 cm³/mol. The summed E-state index contributed by atoms with van der Waals surface area (Å²) in [4.78, 5) is 47.8. The number of Topliss-reactive ketones (excluding diaryl/α,β-unsaturated/α-hetero) is 1. The van der Waals surface area contributed by atoms with Gasteiger partial charge in [-0.1, -0.05) is 27.2 Å². The highest BCUT2D eigenvalue weighted by Gasteiger charge is 2.69. The molecule has 5 rings (SSSR count). The maximum atomic E-state index is 14.8. The van der Waals surface area contributed by atoms with E-state index in [0.717, 1.165) is 6.42 Å². The Morgan fingerprint density at radius 3 is 2.63 bits per heavy atom. The Balaban J connectivity index is 1.08. The van der Waals surface area contributed by atoms with Gasteiger partial charge >= 0.3 is 6.09 Å². The fourth-order valence-corrected chi connectivity index (χ4v) is 6.54. The van der Waals surface area contributed by atoms with Gasteiger partial charge in [-0.3, -0.25) is 9.59 Å². The van der Waals surface area contributed by atoms with E-state index in [1.165, 1.54) is 7.11 Å². The molecule has 234 valence electrons. The van der Waals surface area contributed by atoms with E-state index in [-0.39, 0.29) is 48.1 Å². The predicted octanol–water partition coefficient (Wildman–Crippen LogP) is 4.83. The Morgan fingerprint density at radius 1 is 1.19 bits per heavy atom. The number of fused-ring (bicyclic) bond motifs is 1. The van der Waals surface area contributed by atoms with Crippen LogP contribution in [0.1, 0.15) is 71.4 Å². The SMILES string of the molecule is COc1ccc2nc(C3C(CCC[C@@H]4CC4(C)OC(=O)NCC(=O)N4CC[C@@H](C)[C@H]4C(=O)C(C)C)C3(F)F)c(O)nc2c1. The number of alkyl carbamates (subject to hydrolysis) is 1. The zero-order chi connectivity index (χ0) is 31.3. The average molecular weight is 603 g/mol. The molecule has 43 heavy (non-hydrogen) atoms. The van der Waals surface area contributed by atoms with Crippen LogP contribution in [0, 0.1) is 23.7 Å². The van der Waals surface area contributed by atoms with Gasteiger partial charge in [0.15, 0.2) is 5.78 Å². The number of nitrogens with zero attached hydrogens (tertiary/aromatic N) is 3. The molecule has 3 unspecified atom stereocenters. The highest BCUT2D eigenvalue weighted by Crippen LogP contribution is 2.64. The zero-order valence-corrected chi connectivity index (χ0v) is 25.2. The van der Waals surface area contributed by atoms with Crippen molar-refractivity contribution in [2.75, 3.05) is 20.2 Å². The van der Waals surface area contributed by atoms with E-state index in [2.05, 4.69) is 15.3 Å². The molecule has 0 bridgehead atoms. The van der Waals surface area contributed by atoms with Crippen molar-refractivity contribution in [1.82, 2.24) is 20.2 Å². The van der Waals surface area contributed by atoms with E-state index in [9.17, 15) is 28.3 Å². The lowest BCUT2D eigenvalue weighted by Gasteiger charge is -2.27. The number of nitrogens with one attached hydrogen (secondary N) is 1. The lowest BCUT2D eigenvalue weighted by Crippen LogP contribution is -2.48. The lowest BCUT2D eigenvalue weighted by atomic mass is 9.92. The molecule has 1 aliphatic heterocycles. The van der Waals surface area contributed by atoms with Gasteiger partial charge in [0, 0.05) is 30.4 Å². The lowest BCUT2D eigenvalue weighted by molar-refractivity contribution is -0.138. The monoisotopic (exact) mass is 602 g/mol. The van der Waals surface area contributed by atoms with E-state index in [4.69, 9.17) is 9.47 Å². The number of ketones is 1. The summed E-state index contributed by atoms with van der Waals surface area (Å²) in [5.74, 6) is -5.52. The van der Waals surface area contributed by atoms with Gasteiger partial charge < -0.3 is 24.8 Å². The first-order chi connectivity index (χ1) is 20.3. The first-order valence-electron chi connectivity index (χ1n) is 15.0. The highest BCUT2D eigenvalue weighted by atomic mass is 19.3. The Bertz CT molecular complexity index is 1420. The Kier molecular flexibility index (Phi) is 8.26. The van der Waals surface area contributed by atoms with Crippen molar-refractivity contribution in [3.8, 4) is 11.6 Å². The summed E-state index contributed by atoms with van der Waals surface area (Å²) in [6.07, 6.45) is 1.96. The van der Waals surface area contributed by atoms with Crippen molar-refractivity contribution in [2.24, 2.45) is 23.7 Å². The van der Waals surface area contributed by atoms with E-state index >= 15 is 0 Å². The number of benzene rings is 1. The molecule has 10 nitrogen and oxygen atoms in total. The number of amides is 2. The topological polar surface area (TPSA) is 131 Å². The summed E-state index contributed by atoms with van der Waals surface area (Å²) >= 11 is 0. The van der Waals surface area contributed by atoms with Crippen molar-refractivity contribution in [1.29, 1.82) is 0 Å². The van der Waals surface area contributed by atoms with Crippen molar-refractivity contribution in [3.63, 3.8) is 0 Å². The molecule has 2 aliphatic carbocycles. The molecule has 1 aromatic carbocycles. The van der Waals surface area contributed by atoms with Gasteiger partial charge in [0.2, 0.25) is 11.8 Å². The van der Waals surface area contributed by atoms with E-state index in [1.807, 2.05) is 20.8 Å². The molecular weight excluding hydrogens is 562 g/mol. The number of halogens is 2. The molecule has 3 fully saturated rings. The van der Waals surface area contributed by atoms with Crippen LogP contribution in [0.25, 0.3) is 11.0 Å². The van der Waals surface area contributed by atoms with Gasteiger partial charge in [-0.25, -0.2) is 23.5 Å². The summed E-state index contributed by atoms with van der Waals surface area (Å²) in [5.41, 5.74) is -0.0554. The van der Waals surface area contributed by atoms with Crippen LogP contribution in [0.3, 0.4) is 0 Å². The van der Waals surface area contributed by atoms with E-state index in [1.54, 1.807) is 30.0 Å². The summed E-state index contributed by atoms with van der Waals surface area (Å²) < 4.78 is 40.3. The van der Waals surface area contributed by atoms with Gasteiger partial charge in [-0.15, -0.1) is 0 Å². The third kappa shape index (κ3) is 6.10. The number of hydrogen-bond acceptors (Lipinski definition) is 8. The van der Waals surface area contributed by atoms with Gasteiger partial charge in [0.25, 0.3) is 5.92 Å². The number of aromatic hydroxyl groups is 1. The second kappa shape index (κ2) is 11.5. The quantitative estimate of drug-likeness (QED) is 0.374. The number of likely N-dealkylation sites (tertiary alicyclic amines) is 1. The number of methoxy groups -OCH3 is 1. The molecule has 6 atom stereocenters. The molecule has 2 N–H and O–H groups in total. The van der Waals surface area contributed by atoms with Gasteiger partial charge in [0.1, 0.15) is 23.6 Å². The molecule has 12 heteroatoms. The second-order valence-electron chi connectivity index (χ2n) is 12.8. The van der Waals surface area contributed by atoms with Crippen molar-refractivity contribution in [2.45, 2.75) is 83.3 Å². The third-order valence-corrected chi connectivity index (χ3v) is 9.39. The summed E-state index contributed by atoms with van der Waals surface area (Å²) in [5, 5.41) is 12.9. The van der Waals surface area contributed by atoms with Crippen LogP contribution in [-0.4, -0.2) is 75.5 Å². The minimum absolute atomic E-state index is 0.0209. The average Bonchev–Trinajstić information content (AvgIpc) is 3.68. The molecular formula is C31H40F2N4O6. The minimum Gasteiger partial charge on any atom is -0.497 e. The number of carbonyl (C=O) groups excluding carboxylic acids is 3. The molecule has 2 heterocycles. The highest BCUT2D eigenvalue weighted by molar-refractivity contribution is 5.92. The summed E-state index contributed by atoms with van der Waals surface area (Å²) in [6, 6.07) is 4.39. The molecule has 1 saturated heterocycles. The first kappa shape index (κ1) is 30.9. The Labute approximate surface area is 249 Å². The molecule has 2 amide bonds. The fourth-order valence-electron chi connectivity index (χ4n) is 6.54. The number of ether oxygens (including phenoxy) is 2. The fraction of sp³-hybridized carbons (Fsp3) is 0.645. The van der Waals surface area contributed by atoms with Crippen molar-refractivity contribution < 1.29 is 37.7 Å². The molecule has 0 radical (unpaired) electrons. The Hall–Kier alpha value is -3.57. The molecule has 2 saturated carbocycles. The summed E-state index contributed by atoms with van der Waals surface area (Å²) in [6.45, 7) is 7.60. The third-order valence-electron chi connectivity index (χ3n) is 9.39. The van der Waals surface area contributed by atoms with Crippen LogP contribution in [0.4, 0.5) is 13.6 Å². The van der Waals surface area contributed by atoms with Crippen LogP contribution >= 0.6 is 0 Å². The number of hydrogen-bond donors (Lipinski definition) is 2. The standard InChI is InChI=1S/C31H40F2N4O6/c1-16(2)27(39)26-17(3)11-12-37(26)23(38)15-34-29(41)43-30(4)14-18(30)7-6-8-20-24(31(20,32)33)25-28(40)36-22-13-19(42-5)9-10-21(22)35-25/h9-10,13,16-18,20,24,26H,6-8,11-12,14-15H2,1-5H3,(H,34,41)(H,36,40)/t17-,18-,20?,24?,26+,30?/m1/s1. The van der Waals surface area contributed by atoms with E-state index in [0.29, 0.717) is 42.6 Å². The number of aromatic nitrogens is 2. The van der Waals surface area contributed by atoms with Gasteiger partial charge in [-0.05, 0) is 50.7 Å². The zero-order valence-electron chi connectivity index (χ0n) is 25.2.